The highest BCUT2D eigenvalue weighted by atomic mass is 16.5. The zero-order valence-electron chi connectivity index (χ0n) is 11.4. The molecular formula is C13H27NO2. The monoisotopic (exact) mass is 229 g/mol. The number of hydrogen-bond donors (Lipinski definition) is 1. The van der Waals surface area contributed by atoms with Crippen LogP contribution in [0, 0.1) is 11.3 Å². The topological polar surface area (TPSA) is 38.3 Å². The number of ether oxygens (including phenoxy) is 1. The SMILES string of the molecule is CCCOCCNC(=O)C(C)(C)CC(C)C. The van der Waals surface area contributed by atoms with Gasteiger partial charge in [0, 0.05) is 18.6 Å². The maximum absolute atomic E-state index is 11.9. The van der Waals surface area contributed by atoms with Crippen molar-refractivity contribution >= 4 is 5.91 Å². The molecule has 0 unspecified atom stereocenters. The van der Waals surface area contributed by atoms with E-state index in [1.807, 2.05) is 13.8 Å². The summed E-state index contributed by atoms with van der Waals surface area (Å²) in [6.07, 6.45) is 1.93. The number of amides is 1. The Hall–Kier alpha value is -0.570. The van der Waals surface area contributed by atoms with Crippen molar-refractivity contribution in [3.8, 4) is 0 Å². The zero-order chi connectivity index (χ0) is 12.6. The summed E-state index contributed by atoms with van der Waals surface area (Å²) in [5.74, 6) is 0.665. The zero-order valence-corrected chi connectivity index (χ0v) is 11.4. The van der Waals surface area contributed by atoms with Crippen LogP contribution in [0.5, 0.6) is 0 Å². The largest absolute Gasteiger partial charge is 0.380 e. The van der Waals surface area contributed by atoms with E-state index in [4.69, 9.17) is 4.74 Å². The lowest BCUT2D eigenvalue weighted by Gasteiger charge is -2.25. The predicted molar refractivity (Wildman–Crippen MR) is 67.4 cm³/mol. The first-order chi connectivity index (χ1) is 7.40. The molecule has 1 amide bonds. The molecule has 0 aromatic carbocycles. The summed E-state index contributed by atoms with van der Waals surface area (Å²) in [5, 5.41) is 2.92. The Morgan fingerprint density at radius 1 is 1.31 bits per heavy atom. The van der Waals surface area contributed by atoms with Gasteiger partial charge in [-0.2, -0.15) is 0 Å². The number of carbonyl (C=O) groups excluding carboxylic acids is 1. The summed E-state index contributed by atoms with van der Waals surface area (Å²) in [6, 6.07) is 0. The second-order valence-corrected chi connectivity index (χ2v) is 5.35. The highest BCUT2D eigenvalue weighted by Crippen LogP contribution is 2.25. The lowest BCUT2D eigenvalue weighted by molar-refractivity contribution is -0.130. The summed E-state index contributed by atoms with van der Waals surface area (Å²) < 4.78 is 5.31. The van der Waals surface area contributed by atoms with Crippen LogP contribution in [0.15, 0.2) is 0 Å². The van der Waals surface area contributed by atoms with Gasteiger partial charge >= 0.3 is 0 Å². The van der Waals surface area contributed by atoms with E-state index in [0.29, 0.717) is 19.1 Å². The highest BCUT2D eigenvalue weighted by Gasteiger charge is 2.27. The molecule has 0 aliphatic carbocycles. The first-order valence-electron chi connectivity index (χ1n) is 6.26. The molecule has 96 valence electrons. The number of carbonyl (C=O) groups is 1. The third kappa shape index (κ3) is 6.83. The van der Waals surface area contributed by atoms with E-state index in [9.17, 15) is 4.79 Å². The van der Waals surface area contributed by atoms with E-state index in [1.165, 1.54) is 0 Å². The molecule has 0 heterocycles. The molecule has 1 N–H and O–H groups in total. The van der Waals surface area contributed by atoms with Crippen LogP contribution in [0.4, 0.5) is 0 Å². The molecule has 0 rings (SSSR count). The molecule has 3 heteroatoms. The molecule has 3 nitrogen and oxygen atoms in total. The van der Waals surface area contributed by atoms with E-state index in [1.54, 1.807) is 0 Å². The average Bonchev–Trinajstić information content (AvgIpc) is 2.15. The maximum Gasteiger partial charge on any atom is 0.225 e. The van der Waals surface area contributed by atoms with Gasteiger partial charge in [-0.15, -0.1) is 0 Å². The van der Waals surface area contributed by atoms with Crippen molar-refractivity contribution in [2.45, 2.75) is 47.5 Å². The van der Waals surface area contributed by atoms with Crippen molar-refractivity contribution < 1.29 is 9.53 Å². The number of nitrogens with one attached hydrogen (secondary N) is 1. The summed E-state index contributed by atoms with van der Waals surface area (Å²) in [7, 11) is 0. The molecule has 0 aromatic heterocycles. The fraction of sp³-hybridized carbons (Fsp3) is 0.923. The summed E-state index contributed by atoms with van der Waals surface area (Å²) in [4.78, 5) is 11.9. The van der Waals surface area contributed by atoms with Crippen molar-refractivity contribution in [3.63, 3.8) is 0 Å². The standard InChI is InChI=1S/C13H27NO2/c1-6-8-16-9-7-14-12(15)13(4,5)10-11(2)3/h11H,6-10H2,1-5H3,(H,14,15). The summed E-state index contributed by atoms with van der Waals surface area (Å²) in [6.45, 7) is 12.3. The van der Waals surface area contributed by atoms with E-state index in [2.05, 4.69) is 26.1 Å². The van der Waals surface area contributed by atoms with Crippen LogP contribution in [0.25, 0.3) is 0 Å². The van der Waals surface area contributed by atoms with Crippen molar-refractivity contribution in [2.75, 3.05) is 19.8 Å². The van der Waals surface area contributed by atoms with Gasteiger partial charge < -0.3 is 10.1 Å². The quantitative estimate of drug-likeness (QED) is 0.650. The minimum Gasteiger partial charge on any atom is -0.380 e. The van der Waals surface area contributed by atoms with Gasteiger partial charge in [0.05, 0.1) is 6.61 Å². The molecule has 0 aromatic rings. The molecule has 0 bridgehead atoms. The second-order valence-electron chi connectivity index (χ2n) is 5.35. The highest BCUT2D eigenvalue weighted by molar-refractivity contribution is 5.81. The number of hydrogen-bond acceptors (Lipinski definition) is 2. The van der Waals surface area contributed by atoms with Gasteiger partial charge in [0.25, 0.3) is 0 Å². The van der Waals surface area contributed by atoms with Crippen LogP contribution in [0.1, 0.15) is 47.5 Å². The van der Waals surface area contributed by atoms with E-state index < -0.39 is 0 Å². The van der Waals surface area contributed by atoms with Crippen molar-refractivity contribution in [1.29, 1.82) is 0 Å². The van der Waals surface area contributed by atoms with Crippen LogP contribution >= 0.6 is 0 Å². The van der Waals surface area contributed by atoms with Gasteiger partial charge in [-0.3, -0.25) is 4.79 Å². The Balaban J connectivity index is 3.78. The normalized spacial score (nSPS) is 11.9. The summed E-state index contributed by atoms with van der Waals surface area (Å²) >= 11 is 0. The van der Waals surface area contributed by atoms with Gasteiger partial charge in [0.15, 0.2) is 0 Å². The molecule has 0 radical (unpaired) electrons. The Labute approximate surface area is 99.9 Å². The minimum atomic E-state index is -0.279. The Morgan fingerprint density at radius 3 is 2.44 bits per heavy atom. The molecule has 0 fully saturated rings. The molecular weight excluding hydrogens is 202 g/mol. The Kier molecular flexibility index (Phi) is 7.39. The summed E-state index contributed by atoms with van der Waals surface area (Å²) in [5.41, 5.74) is -0.279. The molecule has 0 aliphatic rings. The van der Waals surface area contributed by atoms with Crippen LogP contribution in [0.2, 0.25) is 0 Å². The first-order valence-corrected chi connectivity index (χ1v) is 6.26. The van der Waals surface area contributed by atoms with E-state index in [-0.39, 0.29) is 11.3 Å². The van der Waals surface area contributed by atoms with Gasteiger partial charge in [0.1, 0.15) is 0 Å². The minimum absolute atomic E-state index is 0.126. The average molecular weight is 229 g/mol. The molecule has 0 saturated carbocycles. The molecule has 16 heavy (non-hydrogen) atoms. The lowest BCUT2D eigenvalue weighted by Crippen LogP contribution is -2.39. The first kappa shape index (κ1) is 15.4. The van der Waals surface area contributed by atoms with Crippen LogP contribution < -0.4 is 5.32 Å². The lowest BCUT2D eigenvalue weighted by atomic mass is 9.83. The van der Waals surface area contributed by atoms with Gasteiger partial charge in [-0.1, -0.05) is 34.6 Å². The molecule has 0 spiro atoms. The van der Waals surface area contributed by atoms with E-state index >= 15 is 0 Å². The molecule has 0 saturated heterocycles. The predicted octanol–water partition coefficient (Wildman–Crippen LogP) is 2.60. The Morgan fingerprint density at radius 2 is 1.94 bits per heavy atom. The maximum atomic E-state index is 11.9. The molecule has 0 aliphatic heterocycles. The Bertz CT molecular complexity index is 200. The fourth-order valence-electron chi connectivity index (χ4n) is 1.84. The fourth-order valence-corrected chi connectivity index (χ4v) is 1.84. The van der Waals surface area contributed by atoms with Gasteiger partial charge in [0.2, 0.25) is 5.91 Å². The smallest absolute Gasteiger partial charge is 0.225 e. The second kappa shape index (κ2) is 7.66. The van der Waals surface area contributed by atoms with Gasteiger partial charge in [-0.25, -0.2) is 0 Å². The molecule has 0 atom stereocenters. The third-order valence-corrected chi connectivity index (χ3v) is 2.41. The van der Waals surface area contributed by atoms with E-state index in [0.717, 1.165) is 19.4 Å². The van der Waals surface area contributed by atoms with Crippen LogP contribution in [0.3, 0.4) is 0 Å². The van der Waals surface area contributed by atoms with Crippen molar-refractivity contribution in [2.24, 2.45) is 11.3 Å². The van der Waals surface area contributed by atoms with Crippen molar-refractivity contribution in [3.05, 3.63) is 0 Å². The van der Waals surface area contributed by atoms with Crippen LogP contribution in [-0.4, -0.2) is 25.7 Å². The van der Waals surface area contributed by atoms with Crippen LogP contribution in [-0.2, 0) is 9.53 Å². The van der Waals surface area contributed by atoms with Gasteiger partial charge in [-0.05, 0) is 18.8 Å². The third-order valence-electron chi connectivity index (χ3n) is 2.41. The van der Waals surface area contributed by atoms with Crippen molar-refractivity contribution in [1.82, 2.24) is 5.32 Å². The number of rotatable bonds is 8.